The summed E-state index contributed by atoms with van der Waals surface area (Å²) in [5.74, 6) is 0.865. The summed E-state index contributed by atoms with van der Waals surface area (Å²) in [4.78, 5) is 0. The Bertz CT molecular complexity index is 553. The van der Waals surface area contributed by atoms with E-state index in [0.717, 1.165) is 16.9 Å². The highest BCUT2D eigenvalue weighted by Crippen LogP contribution is 2.15. The predicted octanol–water partition coefficient (Wildman–Crippen LogP) is 4.45. The van der Waals surface area contributed by atoms with Gasteiger partial charge in [0, 0.05) is 0 Å². The van der Waals surface area contributed by atoms with Gasteiger partial charge in [0.1, 0.15) is 5.75 Å². The van der Waals surface area contributed by atoms with E-state index in [9.17, 15) is 0 Å². The molecule has 0 atom stereocenters. The Morgan fingerprint density at radius 1 is 0.900 bits per heavy atom. The quantitative estimate of drug-likeness (QED) is 0.771. The van der Waals surface area contributed by atoms with E-state index in [0.29, 0.717) is 13.2 Å². The van der Waals surface area contributed by atoms with Crippen LogP contribution in [0.4, 0.5) is 0 Å². The van der Waals surface area contributed by atoms with Crippen LogP contribution in [0.25, 0.3) is 5.57 Å². The van der Waals surface area contributed by atoms with Crippen molar-refractivity contribution in [3.05, 3.63) is 71.8 Å². The van der Waals surface area contributed by atoms with Crippen molar-refractivity contribution < 1.29 is 9.47 Å². The van der Waals surface area contributed by atoms with Crippen molar-refractivity contribution in [2.24, 2.45) is 0 Å². The van der Waals surface area contributed by atoms with Crippen LogP contribution in [0.3, 0.4) is 0 Å². The van der Waals surface area contributed by atoms with Crippen LogP contribution in [0.5, 0.6) is 5.75 Å². The highest BCUT2D eigenvalue weighted by atomic mass is 16.5. The molecule has 104 valence electrons. The summed E-state index contributed by atoms with van der Waals surface area (Å²) < 4.78 is 10.8. The van der Waals surface area contributed by atoms with E-state index in [1.54, 1.807) is 7.11 Å². The van der Waals surface area contributed by atoms with E-state index in [1.807, 2.05) is 31.2 Å². The molecule has 0 radical (unpaired) electrons. The average Bonchev–Trinajstić information content (AvgIpc) is 2.48. The number of benzene rings is 2. The maximum atomic E-state index is 5.72. The van der Waals surface area contributed by atoms with Gasteiger partial charge in [0.25, 0.3) is 0 Å². The van der Waals surface area contributed by atoms with Gasteiger partial charge in [-0.25, -0.2) is 0 Å². The van der Waals surface area contributed by atoms with Crippen molar-refractivity contribution in [1.82, 2.24) is 0 Å². The molecule has 2 nitrogen and oxygen atoms in total. The Kier molecular flexibility index (Phi) is 4.97. The molecule has 0 heterocycles. The average molecular weight is 268 g/mol. The highest BCUT2D eigenvalue weighted by molar-refractivity contribution is 5.61. The first-order valence-electron chi connectivity index (χ1n) is 6.64. The van der Waals surface area contributed by atoms with Crippen LogP contribution in [0.2, 0.25) is 0 Å². The summed E-state index contributed by atoms with van der Waals surface area (Å²) in [6.45, 7) is 7.16. The van der Waals surface area contributed by atoms with Crippen molar-refractivity contribution in [3.63, 3.8) is 0 Å². The molecular weight excluding hydrogens is 248 g/mol. The molecule has 0 aromatic heterocycles. The molecule has 0 aliphatic heterocycles. The second-order valence-electron chi connectivity index (χ2n) is 4.82. The first-order valence-corrected chi connectivity index (χ1v) is 6.64. The molecular formula is C18H20O2. The summed E-state index contributed by atoms with van der Waals surface area (Å²) in [7, 11) is 1.67. The first kappa shape index (κ1) is 14.4. The van der Waals surface area contributed by atoms with E-state index >= 15 is 0 Å². The Balaban J connectivity index is 1.84. The van der Waals surface area contributed by atoms with Crippen LogP contribution in [-0.4, -0.2) is 7.11 Å². The minimum Gasteiger partial charge on any atom is -0.497 e. The normalized spacial score (nSPS) is 10.3. The van der Waals surface area contributed by atoms with Gasteiger partial charge in [-0.1, -0.05) is 48.6 Å². The molecule has 0 spiro atoms. The molecule has 2 rings (SSSR count). The standard InChI is InChI=1S/C18H20O2/c1-14(2)17-8-4-15(5-9-17)12-20-13-16-6-10-18(19-3)11-7-16/h4-11H,1,12-13H2,2-3H3. The molecule has 0 N–H and O–H groups in total. The minimum atomic E-state index is 0.603. The van der Waals surface area contributed by atoms with E-state index < -0.39 is 0 Å². The molecule has 0 saturated carbocycles. The monoisotopic (exact) mass is 268 g/mol. The van der Waals surface area contributed by atoms with Gasteiger partial charge in [-0.15, -0.1) is 0 Å². The number of hydrogen-bond donors (Lipinski definition) is 0. The van der Waals surface area contributed by atoms with Crippen molar-refractivity contribution in [2.75, 3.05) is 7.11 Å². The van der Waals surface area contributed by atoms with Gasteiger partial charge in [-0.05, 0) is 35.7 Å². The van der Waals surface area contributed by atoms with Crippen LogP contribution in [-0.2, 0) is 18.0 Å². The Morgan fingerprint density at radius 3 is 1.85 bits per heavy atom. The van der Waals surface area contributed by atoms with Crippen molar-refractivity contribution >= 4 is 5.57 Å². The lowest BCUT2D eigenvalue weighted by Gasteiger charge is -2.07. The van der Waals surface area contributed by atoms with E-state index in [4.69, 9.17) is 9.47 Å². The summed E-state index contributed by atoms with van der Waals surface area (Å²) in [6, 6.07) is 16.2. The van der Waals surface area contributed by atoms with Crippen LogP contribution in [0.15, 0.2) is 55.1 Å². The van der Waals surface area contributed by atoms with Gasteiger partial charge in [-0.3, -0.25) is 0 Å². The van der Waals surface area contributed by atoms with Gasteiger partial charge in [0.05, 0.1) is 20.3 Å². The highest BCUT2D eigenvalue weighted by Gasteiger charge is 1.98. The van der Waals surface area contributed by atoms with Crippen LogP contribution >= 0.6 is 0 Å². The van der Waals surface area contributed by atoms with Crippen LogP contribution in [0, 0.1) is 0 Å². The molecule has 2 aromatic rings. The lowest BCUT2D eigenvalue weighted by molar-refractivity contribution is 0.107. The second kappa shape index (κ2) is 6.92. The first-order chi connectivity index (χ1) is 9.69. The lowest BCUT2D eigenvalue weighted by Crippen LogP contribution is -1.94. The maximum absolute atomic E-state index is 5.72. The molecule has 0 unspecified atom stereocenters. The fourth-order valence-electron chi connectivity index (χ4n) is 1.89. The van der Waals surface area contributed by atoms with E-state index in [1.165, 1.54) is 11.1 Å². The summed E-state index contributed by atoms with van der Waals surface area (Å²) in [5, 5.41) is 0. The number of allylic oxidation sites excluding steroid dienone is 1. The van der Waals surface area contributed by atoms with Crippen LogP contribution < -0.4 is 4.74 Å². The van der Waals surface area contributed by atoms with Gasteiger partial charge in [0.15, 0.2) is 0 Å². The number of hydrogen-bond acceptors (Lipinski definition) is 2. The number of rotatable bonds is 6. The van der Waals surface area contributed by atoms with E-state index in [-0.39, 0.29) is 0 Å². The summed E-state index contributed by atoms with van der Waals surface area (Å²) in [6.07, 6.45) is 0. The third kappa shape index (κ3) is 3.97. The van der Waals surface area contributed by atoms with Crippen molar-refractivity contribution in [2.45, 2.75) is 20.1 Å². The molecule has 0 aliphatic rings. The largest absolute Gasteiger partial charge is 0.497 e. The zero-order valence-electron chi connectivity index (χ0n) is 12.1. The smallest absolute Gasteiger partial charge is 0.118 e. The van der Waals surface area contributed by atoms with E-state index in [2.05, 4.69) is 30.8 Å². The molecule has 2 heteroatoms. The third-order valence-corrected chi connectivity index (χ3v) is 3.14. The predicted molar refractivity (Wildman–Crippen MR) is 82.6 cm³/mol. The fourth-order valence-corrected chi connectivity index (χ4v) is 1.89. The molecule has 0 bridgehead atoms. The number of methoxy groups -OCH3 is 1. The molecule has 0 amide bonds. The van der Waals surface area contributed by atoms with Gasteiger partial charge >= 0.3 is 0 Å². The van der Waals surface area contributed by atoms with Gasteiger partial charge in [0.2, 0.25) is 0 Å². The second-order valence-corrected chi connectivity index (χ2v) is 4.82. The topological polar surface area (TPSA) is 18.5 Å². The van der Waals surface area contributed by atoms with Crippen LogP contribution in [0.1, 0.15) is 23.6 Å². The van der Waals surface area contributed by atoms with Crippen molar-refractivity contribution in [1.29, 1.82) is 0 Å². The fraction of sp³-hybridized carbons (Fsp3) is 0.222. The molecule has 2 aromatic carbocycles. The SMILES string of the molecule is C=C(C)c1ccc(COCc2ccc(OC)cc2)cc1. The zero-order chi connectivity index (χ0) is 14.4. The molecule has 20 heavy (non-hydrogen) atoms. The molecule has 0 saturated heterocycles. The Labute approximate surface area is 120 Å². The third-order valence-electron chi connectivity index (χ3n) is 3.14. The van der Waals surface area contributed by atoms with Crippen molar-refractivity contribution in [3.8, 4) is 5.75 Å². The Morgan fingerprint density at radius 2 is 1.40 bits per heavy atom. The summed E-state index contributed by atoms with van der Waals surface area (Å²) >= 11 is 0. The lowest BCUT2D eigenvalue weighted by atomic mass is 10.1. The zero-order valence-corrected chi connectivity index (χ0v) is 12.1. The maximum Gasteiger partial charge on any atom is 0.118 e. The summed E-state index contributed by atoms with van der Waals surface area (Å²) in [5.41, 5.74) is 4.56. The molecule has 0 aliphatic carbocycles. The minimum absolute atomic E-state index is 0.603. The Hall–Kier alpha value is -2.06. The molecule has 0 fully saturated rings. The van der Waals surface area contributed by atoms with Gasteiger partial charge < -0.3 is 9.47 Å². The van der Waals surface area contributed by atoms with Gasteiger partial charge in [-0.2, -0.15) is 0 Å². The number of ether oxygens (including phenoxy) is 2.